The van der Waals surface area contributed by atoms with Crippen molar-refractivity contribution in [2.24, 2.45) is 0 Å². The summed E-state index contributed by atoms with van der Waals surface area (Å²) in [5, 5.41) is 0. The highest BCUT2D eigenvalue weighted by atomic mass is 15.2. The van der Waals surface area contributed by atoms with E-state index in [-0.39, 0.29) is 5.41 Å². The molecule has 0 radical (unpaired) electrons. The minimum Gasteiger partial charge on any atom is -0.311 e. The molecule has 0 spiro atoms. The highest BCUT2D eigenvalue weighted by Gasteiger charge is 2.35. The topological polar surface area (TPSA) is 13.0 Å². The molecule has 0 saturated carbocycles. The fraction of sp³-hybridized carbons (Fsp3) is 0.0435. The number of hydrogen-bond donors (Lipinski definition) is 0. The second kappa shape index (κ2) is 19.4. The van der Waals surface area contributed by atoms with Gasteiger partial charge in [0.25, 0.3) is 0 Å². The Morgan fingerprint density at radius 1 is 0.205 bits per heavy atom. The first kappa shape index (κ1) is 44.8. The molecule has 1 aliphatic carbocycles. The van der Waals surface area contributed by atoms with Gasteiger partial charge < -0.3 is 19.6 Å². The molecule has 4 heteroatoms. The smallest absolute Gasteiger partial charge is 0.0465 e. The molecule has 0 heterocycles. The Hall–Kier alpha value is -9.38. The number of fused-ring (bicyclic) bond motifs is 3. The normalized spacial score (nSPS) is 12.1. The lowest BCUT2D eigenvalue weighted by atomic mass is 9.82. The Bertz CT molecular complexity index is 3560. The van der Waals surface area contributed by atoms with E-state index < -0.39 is 0 Å². The van der Waals surface area contributed by atoms with E-state index in [9.17, 15) is 0 Å². The SMILES string of the molecule is CC1(C)c2ccccc2-c2ccc(N(c3ccccc3)c3ccc(-c4ccc(N(c5ccccc5)c5ccc(N(c6ccccc6)c6ccc(N(c7ccccc7)c7ccccc7)cc6)cc5)cc4)cc3)cc21. The molecule has 0 aliphatic heterocycles. The van der Waals surface area contributed by atoms with E-state index in [1.165, 1.54) is 22.3 Å². The quantitative estimate of drug-likeness (QED) is 0.114. The van der Waals surface area contributed by atoms with Gasteiger partial charge in [0.15, 0.2) is 0 Å². The summed E-state index contributed by atoms with van der Waals surface area (Å²) in [5.74, 6) is 0. The summed E-state index contributed by atoms with van der Waals surface area (Å²) in [6.45, 7) is 4.69. The summed E-state index contributed by atoms with van der Waals surface area (Å²) in [6.07, 6.45) is 0. The fourth-order valence-corrected chi connectivity index (χ4v) is 10.6. The van der Waals surface area contributed by atoms with E-state index in [0.29, 0.717) is 0 Å². The van der Waals surface area contributed by atoms with Crippen LogP contribution in [-0.2, 0) is 5.41 Å². The Morgan fingerprint density at radius 2 is 0.438 bits per heavy atom. The summed E-state index contributed by atoms with van der Waals surface area (Å²) in [6, 6.07) is 105. The molecular weight excluding hydrogens is 885 g/mol. The zero-order valence-electron chi connectivity index (χ0n) is 41.0. The van der Waals surface area contributed by atoms with Crippen LogP contribution in [-0.4, -0.2) is 0 Å². The van der Waals surface area contributed by atoms with Crippen molar-refractivity contribution in [2.45, 2.75) is 19.3 Å². The van der Waals surface area contributed by atoms with E-state index in [0.717, 1.165) is 79.4 Å². The van der Waals surface area contributed by atoms with Crippen LogP contribution in [0.5, 0.6) is 0 Å². The van der Waals surface area contributed by atoms with Gasteiger partial charge in [-0.2, -0.15) is 0 Å². The largest absolute Gasteiger partial charge is 0.311 e. The molecule has 0 N–H and O–H groups in total. The van der Waals surface area contributed by atoms with Crippen LogP contribution < -0.4 is 19.6 Å². The van der Waals surface area contributed by atoms with Gasteiger partial charge in [0.05, 0.1) is 0 Å². The predicted octanol–water partition coefficient (Wildman–Crippen LogP) is 19.5. The fourth-order valence-electron chi connectivity index (χ4n) is 10.6. The second-order valence-corrected chi connectivity index (χ2v) is 19.0. The number of rotatable bonds is 13. The van der Waals surface area contributed by atoms with E-state index in [1.807, 2.05) is 0 Å². The second-order valence-electron chi connectivity index (χ2n) is 19.0. The van der Waals surface area contributed by atoms with Gasteiger partial charge >= 0.3 is 0 Å². The summed E-state index contributed by atoms with van der Waals surface area (Å²) < 4.78 is 0. The van der Waals surface area contributed by atoms with Crippen molar-refractivity contribution in [1.82, 2.24) is 0 Å². The van der Waals surface area contributed by atoms with Crippen LogP contribution in [0.4, 0.5) is 68.2 Å². The molecule has 0 saturated heterocycles. The van der Waals surface area contributed by atoms with Crippen molar-refractivity contribution >= 4 is 68.2 Å². The van der Waals surface area contributed by atoms with Crippen molar-refractivity contribution in [2.75, 3.05) is 19.6 Å². The zero-order chi connectivity index (χ0) is 49.1. The highest BCUT2D eigenvalue weighted by molar-refractivity contribution is 5.87. The number of nitrogens with zero attached hydrogens (tertiary/aromatic N) is 4. The van der Waals surface area contributed by atoms with Crippen molar-refractivity contribution in [1.29, 1.82) is 0 Å². The summed E-state index contributed by atoms with van der Waals surface area (Å²) in [7, 11) is 0. The number of anilines is 12. The molecule has 0 aromatic heterocycles. The standard InChI is InChI=1S/C69H54N4/c1-69(2)67-31-19-18-30-65(67)66-49-48-64(50-68(66)69)73(57-28-16-7-17-29-57)59-38-34-52(35-39-59)51-32-36-58(37-33-51)71(55-24-12-5-13-25-55)61-44-46-63(47-45-61)72(56-26-14-6-15-27-56)62-42-40-60(41-43-62)70(53-20-8-3-9-21-53)54-22-10-4-11-23-54/h3-50H,1-2H3. The van der Waals surface area contributed by atoms with Gasteiger partial charge in [-0.3, -0.25) is 0 Å². The van der Waals surface area contributed by atoms with Gasteiger partial charge in [0.2, 0.25) is 0 Å². The van der Waals surface area contributed by atoms with Crippen LogP contribution in [0, 0.1) is 0 Å². The van der Waals surface area contributed by atoms with Crippen LogP contribution >= 0.6 is 0 Å². The third kappa shape index (κ3) is 8.70. The van der Waals surface area contributed by atoms with E-state index in [2.05, 4.69) is 325 Å². The summed E-state index contributed by atoms with van der Waals surface area (Å²) in [5.41, 5.74) is 20.7. The molecule has 350 valence electrons. The zero-order valence-corrected chi connectivity index (χ0v) is 41.0. The van der Waals surface area contributed by atoms with Crippen molar-refractivity contribution in [3.05, 3.63) is 302 Å². The van der Waals surface area contributed by atoms with Crippen LogP contribution in [0.3, 0.4) is 0 Å². The number of benzene rings is 11. The predicted molar refractivity (Wildman–Crippen MR) is 308 cm³/mol. The maximum atomic E-state index is 2.39. The molecule has 0 bridgehead atoms. The maximum absolute atomic E-state index is 2.39. The lowest BCUT2D eigenvalue weighted by Gasteiger charge is -2.29. The number of para-hydroxylation sites is 5. The number of hydrogen-bond acceptors (Lipinski definition) is 4. The van der Waals surface area contributed by atoms with Gasteiger partial charge in [0.1, 0.15) is 0 Å². The monoisotopic (exact) mass is 938 g/mol. The summed E-state index contributed by atoms with van der Waals surface area (Å²) in [4.78, 5) is 9.31. The van der Waals surface area contributed by atoms with Crippen molar-refractivity contribution in [3.63, 3.8) is 0 Å². The molecule has 73 heavy (non-hydrogen) atoms. The molecular formula is C69H54N4. The van der Waals surface area contributed by atoms with E-state index in [1.54, 1.807) is 0 Å². The minimum atomic E-state index is -0.0901. The first-order valence-electron chi connectivity index (χ1n) is 25.1. The van der Waals surface area contributed by atoms with E-state index >= 15 is 0 Å². The van der Waals surface area contributed by atoms with Crippen molar-refractivity contribution < 1.29 is 0 Å². The Labute approximate surface area is 429 Å². The Morgan fingerprint density at radius 3 is 0.767 bits per heavy atom. The van der Waals surface area contributed by atoms with Crippen LogP contribution in [0.15, 0.2) is 291 Å². The molecule has 1 aliphatic rings. The van der Waals surface area contributed by atoms with Gasteiger partial charge in [-0.15, -0.1) is 0 Å². The first-order chi connectivity index (χ1) is 36.0. The summed E-state index contributed by atoms with van der Waals surface area (Å²) >= 11 is 0. The van der Waals surface area contributed by atoms with Crippen molar-refractivity contribution in [3.8, 4) is 22.3 Å². The maximum Gasteiger partial charge on any atom is 0.0465 e. The minimum absolute atomic E-state index is 0.0901. The third-order valence-electron chi connectivity index (χ3n) is 14.2. The molecule has 11 aromatic carbocycles. The molecule has 0 fully saturated rings. The first-order valence-corrected chi connectivity index (χ1v) is 25.1. The van der Waals surface area contributed by atoms with Gasteiger partial charge in [-0.1, -0.05) is 159 Å². The van der Waals surface area contributed by atoms with Crippen LogP contribution in [0.25, 0.3) is 22.3 Å². The highest BCUT2D eigenvalue weighted by Crippen LogP contribution is 2.51. The molecule has 11 aromatic rings. The molecule has 0 atom stereocenters. The Balaban J connectivity index is 0.835. The molecule has 0 amide bonds. The lowest BCUT2D eigenvalue weighted by molar-refractivity contribution is 0.660. The van der Waals surface area contributed by atoms with Crippen LogP contribution in [0.2, 0.25) is 0 Å². The molecule has 4 nitrogen and oxygen atoms in total. The van der Waals surface area contributed by atoms with Gasteiger partial charge in [-0.25, -0.2) is 0 Å². The average Bonchev–Trinajstić information content (AvgIpc) is 3.69. The van der Waals surface area contributed by atoms with Gasteiger partial charge in [0, 0.05) is 73.7 Å². The lowest BCUT2D eigenvalue weighted by Crippen LogP contribution is -2.16. The van der Waals surface area contributed by atoms with E-state index in [4.69, 9.17) is 0 Å². The van der Waals surface area contributed by atoms with Crippen LogP contribution in [0.1, 0.15) is 25.0 Å². The Kier molecular flexibility index (Phi) is 11.9. The molecule has 12 rings (SSSR count). The molecule has 0 unspecified atom stereocenters. The van der Waals surface area contributed by atoms with Gasteiger partial charge in [-0.05, 0) is 179 Å². The third-order valence-corrected chi connectivity index (χ3v) is 14.2. The average molecular weight is 939 g/mol.